The average molecular weight is 542 g/mol. The van der Waals surface area contributed by atoms with Gasteiger partial charge in [0.25, 0.3) is 0 Å². The highest BCUT2D eigenvalue weighted by atomic mass is 32.2. The van der Waals surface area contributed by atoms with Gasteiger partial charge in [-0.25, -0.2) is 22.4 Å². The van der Waals surface area contributed by atoms with Crippen molar-refractivity contribution in [1.29, 1.82) is 0 Å². The maximum absolute atomic E-state index is 14.0. The largest absolute Gasteiger partial charge is 0.482 e. The molecule has 0 spiro atoms. The van der Waals surface area contributed by atoms with Crippen LogP contribution < -0.4 is 4.74 Å². The Labute approximate surface area is 221 Å². The normalized spacial score (nSPS) is 11.5. The number of rotatable bonds is 8. The summed E-state index contributed by atoms with van der Waals surface area (Å²) in [6.45, 7) is 5.20. The van der Waals surface area contributed by atoms with Crippen molar-refractivity contribution in [1.82, 2.24) is 0 Å². The minimum Gasteiger partial charge on any atom is -0.482 e. The van der Waals surface area contributed by atoms with Crippen LogP contribution in [0.15, 0.2) is 99.6 Å². The molecule has 0 amide bonds. The van der Waals surface area contributed by atoms with Gasteiger partial charge in [-0.05, 0) is 50.6 Å². The van der Waals surface area contributed by atoms with Crippen molar-refractivity contribution in [3.63, 3.8) is 0 Å². The Balaban J connectivity index is 1.51. The second-order valence-corrected chi connectivity index (χ2v) is 11.2. The first-order valence-corrected chi connectivity index (χ1v) is 12.9. The Hall–Kier alpha value is -3.78. The van der Waals surface area contributed by atoms with E-state index < -0.39 is 45.7 Å². The molecule has 196 valence electrons. The van der Waals surface area contributed by atoms with Crippen LogP contribution in [0.1, 0.15) is 25.0 Å². The first-order valence-electron chi connectivity index (χ1n) is 11.7. The van der Waals surface area contributed by atoms with E-state index in [4.69, 9.17) is 9.47 Å². The molecule has 0 saturated heterocycles. The molecule has 0 N–H and O–H groups in total. The Kier molecular flexibility index (Phi) is 8.11. The highest BCUT2D eigenvalue weighted by molar-refractivity contribution is 7.97. The Morgan fingerprint density at radius 1 is 0.711 bits per heavy atom. The number of hydrogen-bond donors (Lipinski definition) is 0. The van der Waals surface area contributed by atoms with Crippen molar-refractivity contribution in [3.05, 3.63) is 119 Å². The summed E-state index contributed by atoms with van der Waals surface area (Å²) >= 11 is 0. The average Bonchev–Trinajstić information content (AvgIpc) is 2.82. The summed E-state index contributed by atoms with van der Waals surface area (Å²) in [5.41, 5.74) is 1.08. The zero-order valence-electron chi connectivity index (χ0n) is 20.9. The molecule has 3 nitrogen and oxygen atoms in total. The molecule has 4 aromatic carbocycles. The Morgan fingerprint density at radius 3 is 1.66 bits per heavy atom. The van der Waals surface area contributed by atoms with Crippen molar-refractivity contribution < 1.29 is 31.8 Å². The van der Waals surface area contributed by atoms with Crippen molar-refractivity contribution in [2.75, 3.05) is 6.61 Å². The molecule has 0 atom stereocenters. The summed E-state index contributed by atoms with van der Waals surface area (Å²) in [5.74, 6) is -3.44. The molecular weight excluding hydrogens is 516 g/mol. The van der Waals surface area contributed by atoms with E-state index in [1.807, 2.05) is 31.2 Å². The van der Waals surface area contributed by atoms with Crippen LogP contribution in [-0.2, 0) is 26.0 Å². The van der Waals surface area contributed by atoms with E-state index in [2.05, 4.69) is 0 Å². The van der Waals surface area contributed by atoms with Gasteiger partial charge in [0, 0.05) is 36.4 Å². The smallest absolute Gasteiger partial charge is 0.345 e. The van der Waals surface area contributed by atoms with Gasteiger partial charge in [0.2, 0.25) is 0 Å². The molecule has 0 unspecified atom stereocenters. The summed E-state index contributed by atoms with van der Waals surface area (Å²) in [6.07, 6.45) is 0. The first kappa shape index (κ1) is 27.3. The molecule has 0 aliphatic rings. The summed E-state index contributed by atoms with van der Waals surface area (Å²) in [6, 6.07) is 20.0. The standard InChI is InChI=1S/C30H25F4O3S/c1-19-4-6-20(7-5-19)30(2,3)37-29(35)18-36-25-8-10-26(11-9-25)38(27-14-21(31)12-22(32)15-27)28-16-23(33)13-24(34)17-28/h4-17H,18H2,1-3H3/q+1. The van der Waals surface area contributed by atoms with Gasteiger partial charge < -0.3 is 9.47 Å². The molecule has 4 rings (SSSR count). The van der Waals surface area contributed by atoms with Gasteiger partial charge in [0.15, 0.2) is 21.3 Å². The van der Waals surface area contributed by atoms with Gasteiger partial charge in [-0.1, -0.05) is 29.8 Å². The summed E-state index contributed by atoms with van der Waals surface area (Å²) in [7, 11) is -1.22. The molecule has 0 heterocycles. The van der Waals surface area contributed by atoms with Gasteiger partial charge in [-0.2, -0.15) is 0 Å². The maximum atomic E-state index is 14.0. The number of carbonyl (C=O) groups is 1. The number of carbonyl (C=O) groups excluding carboxylic acids is 1. The predicted octanol–water partition coefficient (Wildman–Crippen LogP) is 7.50. The topological polar surface area (TPSA) is 35.5 Å². The number of aryl methyl sites for hydroxylation is 1. The molecule has 0 aromatic heterocycles. The van der Waals surface area contributed by atoms with E-state index in [-0.39, 0.29) is 16.4 Å². The van der Waals surface area contributed by atoms with Crippen molar-refractivity contribution in [2.45, 2.75) is 41.1 Å². The van der Waals surface area contributed by atoms with Gasteiger partial charge in [0.1, 0.15) is 34.6 Å². The number of benzene rings is 4. The highest BCUT2D eigenvalue weighted by Gasteiger charge is 2.31. The zero-order chi connectivity index (χ0) is 27.4. The lowest BCUT2D eigenvalue weighted by molar-refractivity contribution is -0.159. The van der Waals surface area contributed by atoms with Crippen molar-refractivity contribution in [3.8, 4) is 5.75 Å². The minimum atomic E-state index is -1.22. The number of ether oxygens (including phenoxy) is 2. The molecule has 0 bridgehead atoms. The third kappa shape index (κ3) is 6.75. The van der Waals surface area contributed by atoms with Crippen molar-refractivity contribution >= 4 is 16.9 Å². The Bertz CT molecular complexity index is 1350. The SMILES string of the molecule is Cc1ccc(C(C)(C)OC(=O)COc2ccc([S+](c3cc(F)cc(F)c3)c3cc(F)cc(F)c3)cc2)cc1. The van der Waals surface area contributed by atoms with E-state index in [9.17, 15) is 22.4 Å². The third-order valence-electron chi connectivity index (χ3n) is 5.68. The fourth-order valence-corrected chi connectivity index (χ4v) is 5.99. The van der Waals surface area contributed by atoms with Gasteiger partial charge >= 0.3 is 5.97 Å². The van der Waals surface area contributed by atoms with Gasteiger partial charge in [-0.3, -0.25) is 0 Å². The van der Waals surface area contributed by atoms with Crippen LogP contribution in [0, 0.1) is 30.2 Å². The van der Waals surface area contributed by atoms with Crippen LogP contribution in [0.2, 0.25) is 0 Å². The molecule has 0 aliphatic carbocycles. The van der Waals surface area contributed by atoms with E-state index in [1.165, 1.54) is 0 Å². The summed E-state index contributed by atoms with van der Waals surface area (Å²) < 4.78 is 67.2. The Morgan fingerprint density at radius 2 is 1.18 bits per heavy atom. The van der Waals surface area contributed by atoms with Crippen LogP contribution in [0.5, 0.6) is 5.75 Å². The van der Waals surface area contributed by atoms with Crippen LogP contribution in [0.3, 0.4) is 0 Å². The predicted molar refractivity (Wildman–Crippen MR) is 137 cm³/mol. The van der Waals surface area contributed by atoms with Crippen molar-refractivity contribution in [2.24, 2.45) is 0 Å². The van der Waals surface area contributed by atoms with E-state index >= 15 is 0 Å². The van der Waals surface area contributed by atoms with E-state index in [0.29, 0.717) is 10.6 Å². The molecule has 38 heavy (non-hydrogen) atoms. The molecule has 8 heteroatoms. The van der Waals surface area contributed by atoms with Gasteiger partial charge in [0.05, 0.1) is 10.9 Å². The fourth-order valence-electron chi connectivity index (χ4n) is 3.84. The monoisotopic (exact) mass is 541 g/mol. The maximum Gasteiger partial charge on any atom is 0.345 e. The lowest BCUT2D eigenvalue weighted by Gasteiger charge is -2.25. The fraction of sp³-hybridized carbons (Fsp3) is 0.167. The number of hydrogen-bond acceptors (Lipinski definition) is 3. The first-order chi connectivity index (χ1) is 18.0. The second kappa shape index (κ2) is 11.3. The van der Waals surface area contributed by atoms with E-state index in [1.54, 1.807) is 38.1 Å². The second-order valence-electron chi connectivity index (χ2n) is 9.13. The minimum absolute atomic E-state index is 0.211. The van der Waals surface area contributed by atoms with Crippen LogP contribution >= 0.6 is 0 Å². The van der Waals surface area contributed by atoms with E-state index in [0.717, 1.165) is 47.5 Å². The summed E-state index contributed by atoms with van der Waals surface area (Å²) in [5, 5.41) is 0. The molecular formula is C30H25F4O3S+. The van der Waals surface area contributed by atoms with Crippen LogP contribution in [0.4, 0.5) is 17.6 Å². The third-order valence-corrected chi connectivity index (χ3v) is 7.83. The molecule has 0 fully saturated rings. The molecule has 0 radical (unpaired) electrons. The summed E-state index contributed by atoms with van der Waals surface area (Å²) in [4.78, 5) is 13.4. The highest BCUT2D eigenvalue weighted by Crippen LogP contribution is 2.34. The number of esters is 1. The lowest BCUT2D eigenvalue weighted by atomic mass is 9.97. The molecule has 0 aliphatic heterocycles. The molecule has 0 saturated carbocycles. The lowest BCUT2D eigenvalue weighted by Crippen LogP contribution is -2.28. The van der Waals surface area contributed by atoms with Crippen LogP contribution in [-0.4, -0.2) is 12.6 Å². The number of halogens is 4. The quantitative estimate of drug-likeness (QED) is 0.132. The van der Waals surface area contributed by atoms with Gasteiger partial charge in [-0.15, -0.1) is 0 Å². The van der Waals surface area contributed by atoms with Crippen LogP contribution in [0.25, 0.3) is 0 Å². The zero-order valence-corrected chi connectivity index (χ0v) is 21.8. The molecule has 4 aromatic rings.